The maximum absolute atomic E-state index is 12.1. The van der Waals surface area contributed by atoms with Gasteiger partial charge in [0.1, 0.15) is 5.84 Å². The number of amides is 2. The predicted molar refractivity (Wildman–Crippen MR) is 115 cm³/mol. The topological polar surface area (TPSA) is 117 Å². The lowest BCUT2D eigenvalue weighted by Crippen LogP contribution is -2.25. The van der Waals surface area contributed by atoms with E-state index in [0.29, 0.717) is 18.5 Å². The second-order valence-electron chi connectivity index (χ2n) is 6.85. The summed E-state index contributed by atoms with van der Waals surface area (Å²) in [4.78, 5) is 28.1. The molecule has 0 aliphatic carbocycles. The molecule has 1 aliphatic heterocycles. The van der Waals surface area contributed by atoms with Gasteiger partial charge in [-0.05, 0) is 36.2 Å². The van der Waals surface area contributed by atoms with E-state index < -0.39 is 10.0 Å². The van der Waals surface area contributed by atoms with Crippen molar-refractivity contribution in [1.29, 1.82) is 0 Å². The quantitative estimate of drug-likeness (QED) is 0.597. The van der Waals surface area contributed by atoms with Crippen molar-refractivity contribution in [3.05, 3.63) is 59.7 Å². The maximum Gasteiger partial charge on any atom is 0.263 e. The van der Waals surface area contributed by atoms with Gasteiger partial charge in [0.2, 0.25) is 11.8 Å². The Hall–Kier alpha value is -3.20. The first kappa shape index (κ1) is 21.5. The third-order valence-electron chi connectivity index (χ3n) is 4.48. The third kappa shape index (κ3) is 5.44. The molecule has 30 heavy (non-hydrogen) atoms. The van der Waals surface area contributed by atoms with Crippen molar-refractivity contribution in [1.82, 2.24) is 10.0 Å². The number of rotatable bonds is 8. The lowest BCUT2D eigenvalue weighted by Gasteiger charge is -2.07. The van der Waals surface area contributed by atoms with Gasteiger partial charge in [0, 0.05) is 30.6 Å². The van der Waals surface area contributed by atoms with E-state index in [2.05, 4.69) is 20.3 Å². The molecule has 0 fully saturated rings. The van der Waals surface area contributed by atoms with E-state index in [-0.39, 0.29) is 35.5 Å². The molecule has 158 valence electrons. The number of amidine groups is 1. The number of benzene rings is 2. The summed E-state index contributed by atoms with van der Waals surface area (Å²) >= 11 is 0. The highest BCUT2D eigenvalue weighted by Gasteiger charge is 2.29. The Bertz CT molecular complexity index is 1060. The molecule has 9 heteroatoms. The summed E-state index contributed by atoms with van der Waals surface area (Å²) < 4.78 is 26.5. The van der Waals surface area contributed by atoms with Crippen LogP contribution in [0.15, 0.2) is 58.4 Å². The minimum Gasteiger partial charge on any atom is -0.352 e. The number of nitrogens with zero attached hydrogens (tertiary/aromatic N) is 1. The molecule has 0 bridgehead atoms. The van der Waals surface area contributed by atoms with E-state index >= 15 is 0 Å². The van der Waals surface area contributed by atoms with Crippen LogP contribution in [0.25, 0.3) is 0 Å². The fourth-order valence-electron chi connectivity index (χ4n) is 2.97. The van der Waals surface area contributed by atoms with Crippen molar-refractivity contribution in [2.75, 3.05) is 11.9 Å². The third-order valence-corrected chi connectivity index (χ3v) is 5.87. The van der Waals surface area contributed by atoms with E-state index in [9.17, 15) is 18.0 Å². The van der Waals surface area contributed by atoms with Gasteiger partial charge in [-0.2, -0.15) is 0 Å². The van der Waals surface area contributed by atoms with Gasteiger partial charge in [-0.15, -0.1) is 0 Å². The number of hydrogen-bond acceptors (Lipinski definition) is 5. The van der Waals surface area contributed by atoms with Crippen molar-refractivity contribution >= 4 is 33.4 Å². The largest absolute Gasteiger partial charge is 0.352 e. The minimum atomic E-state index is -3.57. The van der Waals surface area contributed by atoms with Crippen LogP contribution in [0.2, 0.25) is 0 Å². The molecule has 0 aromatic heterocycles. The first-order valence-corrected chi connectivity index (χ1v) is 11.2. The summed E-state index contributed by atoms with van der Waals surface area (Å²) in [5.41, 5.74) is 2.14. The van der Waals surface area contributed by atoms with Gasteiger partial charge in [-0.1, -0.05) is 31.2 Å². The van der Waals surface area contributed by atoms with Crippen molar-refractivity contribution in [2.45, 2.75) is 37.6 Å². The second kappa shape index (κ2) is 9.53. The number of hydrogen-bond donors (Lipinski definition) is 3. The van der Waals surface area contributed by atoms with Gasteiger partial charge in [-0.25, -0.2) is 8.42 Å². The number of carbonyl (C=O) groups is 2. The van der Waals surface area contributed by atoms with Gasteiger partial charge in [0.05, 0.1) is 11.4 Å². The van der Waals surface area contributed by atoms with E-state index in [1.165, 1.54) is 6.07 Å². The highest BCUT2D eigenvalue weighted by Crippen LogP contribution is 2.22. The molecule has 8 nitrogen and oxygen atoms in total. The molecule has 0 atom stereocenters. The molecule has 3 N–H and O–H groups in total. The number of anilines is 1. The molecule has 0 spiro atoms. The lowest BCUT2D eigenvalue weighted by molar-refractivity contribution is -0.121. The number of carbonyl (C=O) groups excluding carboxylic acids is 2. The standard InChI is InChI=1S/C21H24N4O4S/c1-2-5-20(27)24-16-10-8-15(9-11-16)14-23-19(26)12-13-22-21-17-6-3-4-7-18(17)30(28,29)25-21/h3-4,6-11H,2,5,12-14H2,1H3,(H,22,25)(H,23,26)(H,24,27). The van der Waals surface area contributed by atoms with Crippen molar-refractivity contribution in [2.24, 2.45) is 4.99 Å². The van der Waals surface area contributed by atoms with Crippen LogP contribution in [0, 0.1) is 0 Å². The van der Waals surface area contributed by atoms with Crippen LogP contribution in [0.4, 0.5) is 5.69 Å². The lowest BCUT2D eigenvalue weighted by atomic mass is 10.2. The zero-order chi connectivity index (χ0) is 21.6. The van der Waals surface area contributed by atoms with Gasteiger partial charge in [-0.3, -0.25) is 19.3 Å². The minimum absolute atomic E-state index is 0.0210. The Kier molecular flexibility index (Phi) is 6.83. The molecular formula is C21H24N4O4S. The molecule has 0 radical (unpaired) electrons. The highest BCUT2D eigenvalue weighted by atomic mass is 32.2. The number of fused-ring (bicyclic) bond motifs is 1. The van der Waals surface area contributed by atoms with Crippen LogP contribution >= 0.6 is 0 Å². The average Bonchev–Trinajstić information content (AvgIpc) is 2.98. The normalized spacial score (nSPS) is 15.3. The first-order chi connectivity index (χ1) is 14.4. The predicted octanol–water partition coefficient (Wildman–Crippen LogP) is 2.17. The SMILES string of the molecule is CCCC(=O)Nc1ccc(CNC(=O)CCN=C2NS(=O)(=O)c3ccccc32)cc1. The summed E-state index contributed by atoms with van der Waals surface area (Å²) in [7, 11) is -3.57. The van der Waals surface area contributed by atoms with Gasteiger partial charge >= 0.3 is 0 Å². The second-order valence-corrected chi connectivity index (χ2v) is 8.50. The molecule has 1 aliphatic rings. The maximum atomic E-state index is 12.1. The summed E-state index contributed by atoms with van der Waals surface area (Å²) in [5.74, 6) is 0.0558. The molecule has 2 aromatic carbocycles. The van der Waals surface area contributed by atoms with E-state index in [4.69, 9.17) is 0 Å². The molecule has 2 aromatic rings. The molecule has 0 unspecified atom stereocenters. The first-order valence-electron chi connectivity index (χ1n) is 9.71. The van der Waals surface area contributed by atoms with Crippen molar-refractivity contribution in [3.8, 4) is 0 Å². The van der Waals surface area contributed by atoms with Crippen LogP contribution in [0.3, 0.4) is 0 Å². The van der Waals surface area contributed by atoms with Crippen LogP contribution in [-0.4, -0.2) is 32.6 Å². The molecular weight excluding hydrogens is 404 g/mol. The summed E-state index contributed by atoms with van der Waals surface area (Å²) in [5, 5.41) is 5.62. The van der Waals surface area contributed by atoms with Crippen molar-refractivity contribution in [3.63, 3.8) is 0 Å². The number of nitrogens with one attached hydrogen (secondary N) is 3. The van der Waals surface area contributed by atoms with E-state index in [1.54, 1.807) is 30.3 Å². The average molecular weight is 429 g/mol. The Morgan fingerprint density at radius 1 is 1.00 bits per heavy atom. The van der Waals surface area contributed by atoms with Gasteiger partial charge < -0.3 is 10.6 Å². The molecule has 2 amide bonds. The zero-order valence-corrected chi connectivity index (χ0v) is 17.5. The highest BCUT2D eigenvalue weighted by molar-refractivity contribution is 7.90. The zero-order valence-electron chi connectivity index (χ0n) is 16.6. The molecule has 1 heterocycles. The van der Waals surface area contributed by atoms with E-state index in [1.807, 2.05) is 19.1 Å². The fourth-order valence-corrected chi connectivity index (χ4v) is 4.22. The van der Waals surface area contributed by atoms with Crippen LogP contribution in [-0.2, 0) is 26.2 Å². The Morgan fingerprint density at radius 3 is 2.47 bits per heavy atom. The Balaban J connectivity index is 1.47. The van der Waals surface area contributed by atoms with Crippen molar-refractivity contribution < 1.29 is 18.0 Å². The smallest absolute Gasteiger partial charge is 0.263 e. The Labute approximate surface area is 175 Å². The van der Waals surface area contributed by atoms with Gasteiger partial charge in [0.15, 0.2) is 0 Å². The summed E-state index contributed by atoms with van der Waals surface area (Å²) in [6.07, 6.45) is 1.41. The number of aliphatic imine (C=N–C) groups is 1. The van der Waals surface area contributed by atoms with Gasteiger partial charge in [0.25, 0.3) is 10.0 Å². The van der Waals surface area contributed by atoms with Crippen LogP contribution in [0.5, 0.6) is 0 Å². The monoisotopic (exact) mass is 428 g/mol. The Morgan fingerprint density at radius 2 is 1.73 bits per heavy atom. The molecule has 3 rings (SSSR count). The van der Waals surface area contributed by atoms with Crippen LogP contribution < -0.4 is 15.4 Å². The summed E-state index contributed by atoms with van der Waals surface area (Å²) in [6.45, 7) is 2.47. The number of sulfonamides is 1. The molecule has 0 saturated heterocycles. The summed E-state index contributed by atoms with van der Waals surface area (Å²) in [6, 6.07) is 13.9. The molecule has 0 saturated carbocycles. The fraction of sp³-hybridized carbons (Fsp3) is 0.286. The van der Waals surface area contributed by atoms with E-state index in [0.717, 1.165) is 17.7 Å². The van der Waals surface area contributed by atoms with Crippen LogP contribution in [0.1, 0.15) is 37.3 Å².